The van der Waals surface area contributed by atoms with Crippen LogP contribution in [0.25, 0.3) is 0 Å². The van der Waals surface area contributed by atoms with E-state index in [4.69, 9.17) is 4.74 Å². The number of halogens is 2. The van der Waals surface area contributed by atoms with Crippen LogP contribution in [-0.2, 0) is 19.3 Å². The summed E-state index contributed by atoms with van der Waals surface area (Å²) >= 11 is 0. The van der Waals surface area contributed by atoms with E-state index in [0.717, 1.165) is 23.8 Å². The van der Waals surface area contributed by atoms with Crippen molar-refractivity contribution in [1.29, 1.82) is 0 Å². The minimum absolute atomic E-state index is 0.125. The standard InChI is InChI=1S/C17H23F2N4O2P.C8H17N/c1-5-20-13-8-6-7-11(10(13)2)15(24)21-9-12-14(17(18,19)26)22-23(3)16(12)25-4;1-9(2)8-6-4-3-5-7-8/h6-8,20H,5,9,26H2,1-4H3,(H,21,24);8H,3-7H2,1-2H3. The smallest absolute Gasteiger partial charge is 0.302 e. The van der Waals surface area contributed by atoms with Gasteiger partial charge in [-0.3, -0.25) is 4.79 Å². The van der Waals surface area contributed by atoms with Crippen LogP contribution in [0.5, 0.6) is 5.88 Å². The Balaban J connectivity index is 0.000000402. The number of aromatic nitrogens is 2. The molecule has 1 fully saturated rings. The molecule has 196 valence electrons. The van der Waals surface area contributed by atoms with Crippen LogP contribution < -0.4 is 15.4 Å². The summed E-state index contributed by atoms with van der Waals surface area (Å²) in [6.07, 6.45) is 7.20. The second kappa shape index (κ2) is 13.2. The predicted octanol–water partition coefficient (Wildman–Crippen LogP) is 4.90. The number of carbonyl (C=O) groups excluding carboxylic acids is 1. The van der Waals surface area contributed by atoms with E-state index < -0.39 is 11.4 Å². The van der Waals surface area contributed by atoms with E-state index in [1.54, 1.807) is 12.1 Å². The summed E-state index contributed by atoms with van der Waals surface area (Å²) in [5.74, 6) is -0.174. The molecule has 0 spiro atoms. The minimum Gasteiger partial charge on any atom is -0.481 e. The van der Waals surface area contributed by atoms with Crippen LogP contribution in [0.2, 0.25) is 0 Å². The van der Waals surface area contributed by atoms with Gasteiger partial charge in [-0.05, 0) is 58.5 Å². The molecule has 1 amide bonds. The Labute approximate surface area is 210 Å². The Kier molecular flexibility index (Phi) is 10.9. The van der Waals surface area contributed by atoms with Crippen LogP contribution in [0, 0.1) is 6.92 Å². The summed E-state index contributed by atoms with van der Waals surface area (Å²) in [4.78, 5) is 14.9. The fraction of sp³-hybridized carbons (Fsp3) is 0.600. The monoisotopic (exact) mass is 511 g/mol. The average molecular weight is 512 g/mol. The van der Waals surface area contributed by atoms with Crippen molar-refractivity contribution in [3.63, 3.8) is 0 Å². The molecule has 1 aromatic heterocycles. The molecule has 2 N–H and O–H groups in total. The number of amides is 1. The lowest BCUT2D eigenvalue weighted by atomic mass is 9.95. The number of alkyl halides is 2. The number of hydrogen-bond donors (Lipinski definition) is 2. The van der Waals surface area contributed by atoms with Crippen LogP contribution in [0.4, 0.5) is 14.5 Å². The van der Waals surface area contributed by atoms with Crippen molar-refractivity contribution in [1.82, 2.24) is 20.0 Å². The van der Waals surface area contributed by atoms with Gasteiger partial charge in [0.1, 0.15) is 5.69 Å². The highest BCUT2D eigenvalue weighted by Crippen LogP contribution is 2.39. The number of nitrogens with one attached hydrogen (secondary N) is 2. The quantitative estimate of drug-likeness (QED) is 0.493. The van der Waals surface area contributed by atoms with Gasteiger partial charge in [-0.1, -0.05) is 34.6 Å². The lowest BCUT2D eigenvalue weighted by Gasteiger charge is -2.27. The number of anilines is 1. The van der Waals surface area contributed by atoms with Gasteiger partial charge >= 0.3 is 5.66 Å². The molecule has 1 saturated carbocycles. The van der Waals surface area contributed by atoms with Gasteiger partial charge in [0.2, 0.25) is 5.88 Å². The number of nitrogens with zero attached hydrogens (tertiary/aromatic N) is 3. The maximum atomic E-state index is 13.8. The second-order valence-electron chi connectivity index (χ2n) is 9.03. The largest absolute Gasteiger partial charge is 0.481 e. The summed E-state index contributed by atoms with van der Waals surface area (Å²) in [5.41, 5.74) is -1.40. The number of carbonyl (C=O) groups is 1. The van der Waals surface area contributed by atoms with Crippen molar-refractivity contribution < 1.29 is 18.3 Å². The van der Waals surface area contributed by atoms with Gasteiger partial charge in [-0.2, -0.15) is 13.9 Å². The maximum Gasteiger partial charge on any atom is 0.302 e. The van der Waals surface area contributed by atoms with E-state index in [-0.39, 0.29) is 23.9 Å². The van der Waals surface area contributed by atoms with Crippen LogP contribution in [0.15, 0.2) is 18.2 Å². The number of aryl methyl sites for hydroxylation is 1. The van der Waals surface area contributed by atoms with E-state index in [1.165, 1.54) is 60.2 Å². The first-order valence-corrected chi connectivity index (χ1v) is 12.6. The third-order valence-electron chi connectivity index (χ3n) is 6.27. The van der Waals surface area contributed by atoms with E-state index in [1.807, 2.05) is 19.9 Å². The van der Waals surface area contributed by atoms with Crippen molar-refractivity contribution in [2.75, 3.05) is 33.1 Å². The van der Waals surface area contributed by atoms with Crippen molar-refractivity contribution in [3.8, 4) is 5.88 Å². The van der Waals surface area contributed by atoms with E-state index in [2.05, 4.69) is 34.7 Å². The second-order valence-corrected chi connectivity index (χ2v) is 9.75. The van der Waals surface area contributed by atoms with Crippen molar-refractivity contribution in [2.24, 2.45) is 7.05 Å². The van der Waals surface area contributed by atoms with Crippen molar-refractivity contribution in [3.05, 3.63) is 40.6 Å². The zero-order chi connectivity index (χ0) is 26.2. The molecule has 1 aromatic carbocycles. The number of rotatable bonds is 8. The van der Waals surface area contributed by atoms with Gasteiger partial charge in [0, 0.05) is 30.9 Å². The van der Waals surface area contributed by atoms with Crippen LogP contribution in [0.1, 0.15) is 66.2 Å². The van der Waals surface area contributed by atoms with Crippen LogP contribution in [0.3, 0.4) is 0 Å². The summed E-state index contributed by atoms with van der Waals surface area (Å²) in [7, 11) is 8.72. The maximum absolute atomic E-state index is 13.8. The summed E-state index contributed by atoms with van der Waals surface area (Å²) in [6, 6.07) is 6.23. The molecule has 1 atom stereocenters. The van der Waals surface area contributed by atoms with Crippen LogP contribution >= 0.6 is 9.24 Å². The number of hydrogen-bond acceptors (Lipinski definition) is 5. The molecule has 7 nitrogen and oxygen atoms in total. The molecule has 1 heterocycles. The van der Waals surface area contributed by atoms with Crippen molar-refractivity contribution >= 4 is 20.8 Å². The lowest BCUT2D eigenvalue weighted by molar-refractivity contribution is 0.0926. The number of benzene rings is 1. The molecular weight excluding hydrogens is 471 g/mol. The fourth-order valence-corrected chi connectivity index (χ4v) is 4.59. The normalized spacial score (nSPS) is 14.3. The molecule has 1 aliphatic rings. The summed E-state index contributed by atoms with van der Waals surface area (Å²) in [5, 5.41) is 9.68. The predicted molar refractivity (Wildman–Crippen MR) is 140 cm³/mol. The summed E-state index contributed by atoms with van der Waals surface area (Å²) in [6.45, 7) is 4.40. The molecule has 3 rings (SSSR count). The first-order chi connectivity index (χ1) is 16.5. The number of ether oxygens (including phenoxy) is 1. The van der Waals surface area contributed by atoms with Crippen LogP contribution in [-0.4, -0.2) is 54.4 Å². The van der Waals surface area contributed by atoms with Crippen molar-refractivity contribution in [2.45, 2.75) is 64.2 Å². The molecule has 1 unspecified atom stereocenters. The lowest BCUT2D eigenvalue weighted by Crippen LogP contribution is -2.29. The zero-order valence-corrected chi connectivity index (χ0v) is 22.9. The molecule has 10 heteroatoms. The third-order valence-corrected chi connectivity index (χ3v) is 6.55. The molecule has 0 aliphatic heterocycles. The third kappa shape index (κ3) is 7.87. The SMILES string of the molecule is CCNc1cccc(C(=O)NCc2c(C(F)(F)P)nn(C)c2OC)c1C.CN(C)C1CCCCC1. The minimum atomic E-state index is -3.23. The molecule has 0 saturated heterocycles. The Morgan fingerprint density at radius 1 is 1.29 bits per heavy atom. The molecule has 0 radical (unpaired) electrons. The van der Waals surface area contributed by atoms with Gasteiger partial charge in [0.15, 0.2) is 0 Å². The van der Waals surface area contributed by atoms with Gasteiger partial charge in [0.05, 0.1) is 19.2 Å². The first kappa shape index (κ1) is 29.0. The highest BCUT2D eigenvalue weighted by Gasteiger charge is 2.34. The van der Waals surface area contributed by atoms with Gasteiger partial charge in [-0.25, -0.2) is 4.68 Å². The van der Waals surface area contributed by atoms with Gasteiger partial charge in [0.25, 0.3) is 5.91 Å². The molecule has 35 heavy (non-hydrogen) atoms. The average Bonchev–Trinajstić information content (AvgIpc) is 3.15. The topological polar surface area (TPSA) is 71.4 Å². The molecule has 2 aromatic rings. The van der Waals surface area contributed by atoms with E-state index >= 15 is 0 Å². The molecular formula is C25H40F2N5O2P. The fourth-order valence-electron chi connectivity index (χ4n) is 4.36. The first-order valence-electron chi connectivity index (χ1n) is 12.1. The Bertz CT molecular complexity index is 969. The Morgan fingerprint density at radius 2 is 1.94 bits per heavy atom. The Hall–Kier alpha value is -2.25. The molecule has 0 bridgehead atoms. The van der Waals surface area contributed by atoms with Gasteiger partial charge in [-0.15, -0.1) is 0 Å². The highest BCUT2D eigenvalue weighted by molar-refractivity contribution is 7.17. The number of methoxy groups -OCH3 is 1. The highest BCUT2D eigenvalue weighted by atomic mass is 31.0. The van der Waals surface area contributed by atoms with Gasteiger partial charge < -0.3 is 20.3 Å². The summed E-state index contributed by atoms with van der Waals surface area (Å²) < 4.78 is 34.0. The Morgan fingerprint density at radius 3 is 2.46 bits per heavy atom. The van der Waals surface area contributed by atoms with E-state index in [9.17, 15) is 13.6 Å². The molecule has 1 aliphatic carbocycles. The zero-order valence-electron chi connectivity index (χ0n) is 21.8. The van der Waals surface area contributed by atoms with E-state index in [0.29, 0.717) is 5.56 Å².